The Morgan fingerprint density at radius 3 is 2.05 bits per heavy atom. The van der Waals surface area contributed by atoms with E-state index in [1.807, 2.05) is 0 Å². The molecule has 0 saturated carbocycles. The van der Waals surface area contributed by atoms with E-state index in [4.69, 9.17) is 10.8 Å². The van der Waals surface area contributed by atoms with Crippen LogP contribution in [0.2, 0.25) is 0 Å². The number of hydrogen-bond acceptors (Lipinski definition) is 2. The van der Waals surface area contributed by atoms with Gasteiger partial charge in [0.2, 0.25) is 0 Å². The second-order valence-corrected chi connectivity index (χ2v) is 3.92. The van der Waals surface area contributed by atoms with Gasteiger partial charge in [-0.25, -0.2) is 0 Å². The summed E-state index contributed by atoms with van der Waals surface area (Å²) in [5.41, 5.74) is 2.29. The highest BCUT2D eigenvalue weighted by atomic mass is 19.4. The molecule has 1 aromatic carbocycles. The number of alkyl halides is 6. The number of benzene rings is 1. The Morgan fingerprint density at radius 2 is 1.63 bits per heavy atom. The molecule has 0 amide bonds. The minimum atomic E-state index is -4.80. The van der Waals surface area contributed by atoms with Gasteiger partial charge in [0.25, 0.3) is 0 Å². The predicted octanol–water partition coefficient (Wildman–Crippen LogP) is 3.11. The van der Waals surface area contributed by atoms with Crippen molar-refractivity contribution < 1.29 is 31.4 Å². The van der Waals surface area contributed by atoms with Crippen LogP contribution < -0.4 is 5.73 Å². The van der Waals surface area contributed by atoms with Gasteiger partial charge in [-0.3, -0.25) is 0 Å². The van der Waals surface area contributed by atoms with Gasteiger partial charge >= 0.3 is 12.4 Å². The standard InChI is InChI=1S/C11H11F6NO/c12-10(13,14)6-1-2-8(11(15,16)17)7(5-6)9(18)3-4-19/h1-2,5,9,19H,3-4,18H2/t9-/m1/s1. The van der Waals surface area contributed by atoms with E-state index in [9.17, 15) is 26.3 Å². The zero-order valence-electron chi connectivity index (χ0n) is 9.52. The Kier molecular flexibility index (Phi) is 4.46. The zero-order valence-corrected chi connectivity index (χ0v) is 9.52. The van der Waals surface area contributed by atoms with Crippen molar-refractivity contribution >= 4 is 0 Å². The maximum absolute atomic E-state index is 12.7. The third-order valence-electron chi connectivity index (χ3n) is 2.52. The molecule has 2 nitrogen and oxygen atoms in total. The molecule has 1 rings (SSSR count). The van der Waals surface area contributed by atoms with Crippen molar-refractivity contribution in [1.82, 2.24) is 0 Å². The van der Waals surface area contributed by atoms with Gasteiger partial charge in [0, 0.05) is 12.6 Å². The summed E-state index contributed by atoms with van der Waals surface area (Å²) in [6.45, 7) is -0.519. The highest BCUT2D eigenvalue weighted by Crippen LogP contribution is 2.38. The number of aliphatic hydroxyl groups is 1. The van der Waals surface area contributed by atoms with E-state index in [2.05, 4.69) is 0 Å². The van der Waals surface area contributed by atoms with E-state index in [1.165, 1.54) is 0 Å². The van der Waals surface area contributed by atoms with Crippen LogP contribution in [0.15, 0.2) is 18.2 Å². The average Bonchev–Trinajstić information content (AvgIpc) is 2.26. The molecule has 0 aliphatic heterocycles. The summed E-state index contributed by atoms with van der Waals surface area (Å²) in [6.07, 6.45) is -9.81. The van der Waals surface area contributed by atoms with Gasteiger partial charge in [-0.15, -0.1) is 0 Å². The van der Waals surface area contributed by atoms with Gasteiger partial charge in [0.05, 0.1) is 11.1 Å². The smallest absolute Gasteiger partial charge is 0.396 e. The lowest BCUT2D eigenvalue weighted by Gasteiger charge is -2.19. The predicted molar refractivity (Wildman–Crippen MR) is 55.1 cm³/mol. The van der Waals surface area contributed by atoms with E-state index < -0.39 is 41.7 Å². The van der Waals surface area contributed by atoms with E-state index in [0.29, 0.717) is 18.2 Å². The highest BCUT2D eigenvalue weighted by Gasteiger charge is 2.37. The van der Waals surface area contributed by atoms with E-state index >= 15 is 0 Å². The molecule has 0 aliphatic rings. The molecule has 0 radical (unpaired) electrons. The topological polar surface area (TPSA) is 46.2 Å². The summed E-state index contributed by atoms with van der Waals surface area (Å²) in [5.74, 6) is 0. The Labute approximate surface area is 104 Å². The molecule has 3 N–H and O–H groups in total. The van der Waals surface area contributed by atoms with Crippen LogP contribution in [-0.4, -0.2) is 11.7 Å². The molecule has 0 aliphatic carbocycles. The van der Waals surface area contributed by atoms with Gasteiger partial charge in [0.1, 0.15) is 0 Å². The van der Waals surface area contributed by atoms with Crippen molar-refractivity contribution in [3.8, 4) is 0 Å². The Balaban J connectivity index is 3.35. The lowest BCUT2D eigenvalue weighted by Crippen LogP contribution is -2.20. The SMILES string of the molecule is N[C@H](CCO)c1cc(C(F)(F)F)ccc1C(F)(F)F. The fourth-order valence-corrected chi connectivity index (χ4v) is 1.60. The van der Waals surface area contributed by atoms with Gasteiger partial charge in [-0.2, -0.15) is 26.3 Å². The van der Waals surface area contributed by atoms with Crippen molar-refractivity contribution in [2.45, 2.75) is 24.8 Å². The molecule has 8 heteroatoms. The first-order chi connectivity index (χ1) is 8.57. The fourth-order valence-electron chi connectivity index (χ4n) is 1.60. The second-order valence-electron chi connectivity index (χ2n) is 3.92. The fraction of sp³-hybridized carbons (Fsp3) is 0.455. The first-order valence-corrected chi connectivity index (χ1v) is 5.22. The Hall–Kier alpha value is -1.28. The lowest BCUT2D eigenvalue weighted by molar-refractivity contribution is -0.142. The number of nitrogens with two attached hydrogens (primary N) is 1. The molecule has 108 valence electrons. The Bertz CT molecular complexity index is 440. The number of rotatable bonds is 3. The summed E-state index contributed by atoms with van der Waals surface area (Å²) >= 11 is 0. The van der Waals surface area contributed by atoms with Crippen LogP contribution in [0.25, 0.3) is 0 Å². The number of halogens is 6. The largest absolute Gasteiger partial charge is 0.416 e. The molecular formula is C11H11F6NO. The third kappa shape index (κ3) is 3.84. The van der Waals surface area contributed by atoms with Gasteiger partial charge in [0.15, 0.2) is 0 Å². The normalized spacial score (nSPS) is 14.5. The summed E-state index contributed by atoms with van der Waals surface area (Å²) in [5, 5.41) is 8.64. The summed E-state index contributed by atoms with van der Waals surface area (Å²) < 4.78 is 75.5. The van der Waals surface area contributed by atoms with Crippen molar-refractivity contribution in [3.63, 3.8) is 0 Å². The average molecular weight is 287 g/mol. The van der Waals surface area contributed by atoms with Crippen molar-refractivity contribution in [2.75, 3.05) is 6.61 Å². The van der Waals surface area contributed by atoms with Crippen LogP contribution in [0.4, 0.5) is 26.3 Å². The van der Waals surface area contributed by atoms with E-state index in [0.717, 1.165) is 0 Å². The molecule has 0 heterocycles. The van der Waals surface area contributed by atoms with Crippen LogP contribution in [0.5, 0.6) is 0 Å². The zero-order chi connectivity index (χ0) is 14.8. The molecule has 0 unspecified atom stereocenters. The second kappa shape index (κ2) is 5.38. The molecular weight excluding hydrogens is 276 g/mol. The van der Waals surface area contributed by atoms with E-state index in [1.54, 1.807) is 0 Å². The number of hydrogen-bond donors (Lipinski definition) is 2. The molecule has 0 aromatic heterocycles. The molecule has 0 saturated heterocycles. The number of aliphatic hydroxyl groups excluding tert-OH is 1. The third-order valence-corrected chi connectivity index (χ3v) is 2.52. The first kappa shape index (κ1) is 15.8. The van der Waals surface area contributed by atoms with Crippen LogP contribution in [0.1, 0.15) is 29.2 Å². The van der Waals surface area contributed by atoms with Crippen LogP contribution in [0, 0.1) is 0 Å². The van der Waals surface area contributed by atoms with Gasteiger partial charge in [-0.05, 0) is 30.2 Å². The van der Waals surface area contributed by atoms with E-state index in [-0.39, 0.29) is 6.42 Å². The molecule has 0 spiro atoms. The highest BCUT2D eigenvalue weighted by molar-refractivity contribution is 5.37. The molecule has 19 heavy (non-hydrogen) atoms. The quantitative estimate of drug-likeness (QED) is 0.839. The summed E-state index contributed by atoms with van der Waals surface area (Å²) in [7, 11) is 0. The minimum absolute atomic E-state index is 0.260. The minimum Gasteiger partial charge on any atom is -0.396 e. The molecule has 1 atom stereocenters. The molecule has 1 aromatic rings. The molecule has 0 bridgehead atoms. The first-order valence-electron chi connectivity index (χ1n) is 5.22. The van der Waals surface area contributed by atoms with Crippen molar-refractivity contribution in [2.24, 2.45) is 5.73 Å². The van der Waals surface area contributed by atoms with Crippen LogP contribution in [-0.2, 0) is 12.4 Å². The summed E-state index contributed by atoms with van der Waals surface area (Å²) in [6, 6.07) is -0.222. The van der Waals surface area contributed by atoms with Crippen molar-refractivity contribution in [1.29, 1.82) is 0 Å². The lowest BCUT2D eigenvalue weighted by atomic mass is 9.96. The van der Waals surface area contributed by atoms with Gasteiger partial charge < -0.3 is 10.8 Å². The Morgan fingerprint density at radius 1 is 1.05 bits per heavy atom. The van der Waals surface area contributed by atoms with Gasteiger partial charge in [-0.1, -0.05) is 0 Å². The van der Waals surface area contributed by atoms with Crippen molar-refractivity contribution in [3.05, 3.63) is 34.9 Å². The summed E-state index contributed by atoms with van der Waals surface area (Å²) in [4.78, 5) is 0. The van der Waals surface area contributed by atoms with Crippen LogP contribution >= 0.6 is 0 Å². The monoisotopic (exact) mass is 287 g/mol. The maximum atomic E-state index is 12.7. The van der Waals surface area contributed by atoms with Crippen LogP contribution in [0.3, 0.4) is 0 Å². The maximum Gasteiger partial charge on any atom is 0.416 e. The molecule has 0 fully saturated rings.